The van der Waals surface area contributed by atoms with Crippen LogP contribution in [-0.4, -0.2) is 70.7 Å². The van der Waals surface area contributed by atoms with E-state index < -0.39 is 61.3 Å². The molecule has 1 aromatic heterocycles. The Bertz CT molecular complexity index is 2920. The third-order valence-electron chi connectivity index (χ3n) is 14.4. The second kappa shape index (κ2) is 20.7. The third kappa shape index (κ3) is 9.80. The molecule has 5 aromatic rings. The summed E-state index contributed by atoms with van der Waals surface area (Å²) in [5, 5.41) is 41.1. The summed E-state index contributed by atoms with van der Waals surface area (Å²) in [5.74, 6) is 4.44. The van der Waals surface area contributed by atoms with E-state index in [4.69, 9.17) is 23.4 Å². The molecule has 4 N–H and O–H groups in total. The summed E-state index contributed by atoms with van der Waals surface area (Å²) < 4.78 is 31.5. The first-order valence-electron chi connectivity index (χ1n) is 23.8. The van der Waals surface area contributed by atoms with E-state index in [1.807, 2.05) is 18.2 Å². The number of carbonyl (C=O) groups is 2. The molecule has 0 saturated heterocycles. The molecule has 7 atom stereocenters. The molecule has 3 aliphatic heterocycles. The van der Waals surface area contributed by atoms with Gasteiger partial charge < -0.3 is 43.8 Å². The maximum Gasteiger partial charge on any atom is 0.340 e. The highest BCUT2D eigenvalue weighted by Gasteiger charge is 2.53. The highest BCUT2D eigenvalue weighted by atomic mass is 16.6. The number of esters is 2. The number of carbonyl (C=O) groups excluding carboxylic acids is 2. The molecule has 0 fully saturated rings. The van der Waals surface area contributed by atoms with Crippen LogP contribution < -0.4 is 10.4 Å². The van der Waals surface area contributed by atoms with Gasteiger partial charge in [-0.2, -0.15) is 0 Å². The molecule has 4 aromatic carbocycles. The van der Waals surface area contributed by atoms with Crippen LogP contribution in [-0.2, 0) is 49.7 Å². The van der Waals surface area contributed by atoms with Crippen molar-refractivity contribution in [3.63, 3.8) is 0 Å². The van der Waals surface area contributed by atoms with E-state index in [1.54, 1.807) is 26.0 Å². The maximum atomic E-state index is 15.1. The number of benzene rings is 4. The summed E-state index contributed by atoms with van der Waals surface area (Å²) in [6.45, 7) is 1.34. The van der Waals surface area contributed by atoms with Crippen LogP contribution in [0.3, 0.4) is 0 Å². The first kappa shape index (κ1) is 47.7. The van der Waals surface area contributed by atoms with E-state index in [9.17, 15) is 30.0 Å². The number of ether oxygens (including phenoxy) is 4. The number of hydrogen-bond acceptors (Lipinski definition) is 12. The van der Waals surface area contributed by atoms with Gasteiger partial charge in [-0.1, -0.05) is 96.8 Å². The Labute approximate surface area is 401 Å². The first-order valence-corrected chi connectivity index (χ1v) is 23.8. The molecule has 0 saturated carbocycles. The number of hydrogen-bond donors (Lipinski definition) is 4. The summed E-state index contributed by atoms with van der Waals surface area (Å²) in [4.78, 5) is 44.0. The van der Waals surface area contributed by atoms with Crippen LogP contribution in [0.4, 0.5) is 0 Å². The SMILES string of the molecule is C/C(CO)=C1\CCc2ccc3c(c2)CC#CC[C@@]2(C)Oc4ccc5c(CO)c([C@H](CCO)COCO)c(=O)oc5c4[C@@H](OC(=O)C[C@H]4C[C@@H](c5cccc(Cc6ccccc6)c5)C=C[C@@H]34)[C@@H]2OC1=O. The fourth-order valence-corrected chi connectivity index (χ4v) is 10.8. The van der Waals surface area contributed by atoms with Gasteiger partial charge in [-0.05, 0) is 109 Å². The average molecular weight is 935 g/mol. The summed E-state index contributed by atoms with van der Waals surface area (Å²) in [5.41, 5.74) is 5.38. The van der Waals surface area contributed by atoms with E-state index in [1.165, 1.54) is 11.1 Å². The van der Waals surface area contributed by atoms with Crippen LogP contribution in [0.15, 0.2) is 117 Å². The van der Waals surface area contributed by atoms with Crippen molar-refractivity contribution in [2.45, 2.75) is 107 Å². The summed E-state index contributed by atoms with van der Waals surface area (Å²) in [6, 6.07) is 28.6. The summed E-state index contributed by atoms with van der Waals surface area (Å²) in [7, 11) is 0. The predicted molar refractivity (Wildman–Crippen MR) is 257 cm³/mol. The normalized spacial score (nSPS) is 24.3. The Morgan fingerprint density at radius 2 is 1.72 bits per heavy atom. The number of aryl methyl sites for hydroxylation is 1. The van der Waals surface area contributed by atoms with Gasteiger partial charge in [-0.15, -0.1) is 0 Å². The van der Waals surface area contributed by atoms with Crippen molar-refractivity contribution in [1.82, 2.24) is 0 Å². The predicted octanol–water partition coefficient (Wildman–Crippen LogP) is 7.69. The number of allylic oxidation sites excluding steroid dienone is 2. The molecule has 12 nitrogen and oxygen atoms in total. The second-order valence-corrected chi connectivity index (χ2v) is 18.9. The highest BCUT2D eigenvalue weighted by molar-refractivity contribution is 5.90. The second-order valence-electron chi connectivity index (χ2n) is 18.9. The van der Waals surface area contributed by atoms with Crippen LogP contribution >= 0.6 is 0 Å². The number of aliphatic hydroxyl groups is 4. The van der Waals surface area contributed by atoms with Gasteiger partial charge in [0.25, 0.3) is 0 Å². The number of fused-ring (bicyclic) bond motifs is 9. The van der Waals surface area contributed by atoms with Crippen LogP contribution in [0.1, 0.15) is 120 Å². The minimum Gasteiger partial charge on any atom is -0.482 e. The zero-order valence-corrected chi connectivity index (χ0v) is 38.9. The average Bonchev–Trinajstić information content (AvgIpc) is 3.34. The molecule has 358 valence electrons. The minimum atomic E-state index is -1.43. The van der Waals surface area contributed by atoms with Crippen molar-refractivity contribution in [2.24, 2.45) is 5.92 Å². The van der Waals surface area contributed by atoms with E-state index in [0.29, 0.717) is 30.2 Å². The van der Waals surface area contributed by atoms with Crippen molar-refractivity contribution in [1.29, 1.82) is 0 Å². The Morgan fingerprint density at radius 1 is 0.899 bits per heavy atom. The van der Waals surface area contributed by atoms with E-state index in [0.717, 1.165) is 28.7 Å². The van der Waals surface area contributed by atoms with Crippen LogP contribution in [0.2, 0.25) is 0 Å². The molecule has 0 spiro atoms. The lowest BCUT2D eigenvalue weighted by Gasteiger charge is -2.45. The molecule has 0 amide bonds. The van der Waals surface area contributed by atoms with Crippen molar-refractivity contribution < 1.29 is 53.4 Å². The first-order chi connectivity index (χ1) is 33.5. The van der Waals surface area contributed by atoms with Crippen molar-refractivity contribution in [3.8, 4) is 17.6 Å². The molecule has 9 rings (SSSR count). The van der Waals surface area contributed by atoms with E-state index in [2.05, 4.69) is 78.6 Å². The molecule has 12 heteroatoms. The number of rotatable bonds is 11. The highest BCUT2D eigenvalue weighted by Crippen LogP contribution is 2.50. The Kier molecular flexibility index (Phi) is 14.3. The van der Waals surface area contributed by atoms with Gasteiger partial charge in [0, 0.05) is 53.7 Å². The van der Waals surface area contributed by atoms with Crippen molar-refractivity contribution >= 4 is 22.9 Å². The van der Waals surface area contributed by atoms with Crippen LogP contribution in [0.25, 0.3) is 11.0 Å². The zero-order chi connectivity index (χ0) is 48.2. The number of aliphatic hydroxyl groups excluding tert-OH is 4. The lowest BCUT2D eigenvalue weighted by Crippen LogP contribution is -2.54. The van der Waals surface area contributed by atoms with Gasteiger partial charge in [0.1, 0.15) is 18.1 Å². The zero-order valence-electron chi connectivity index (χ0n) is 38.9. The monoisotopic (exact) mass is 934 g/mol. The molecule has 1 aliphatic carbocycles. The molecular weight excluding hydrogens is 877 g/mol. The van der Waals surface area contributed by atoms with Gasteiger partial charge in [0.05, 0.1) is 31.8 Å². The van der Waals surface area contributed by atoms with Gasteiger partial charge in [0.2, 0.25) is 0 Å². The lowest BCUT2D eigenvalue weighted by molar-refractivity contribution is -0.190. The standard InChI is InChI=1S/C57H58O12/c1-34(30-59)43-17-14-36-15-18-44-40(26-36)12-6-7-23-57(2)54(68-55(43)63)53(51-48(69-57)21-20-46-47(31-60)50(56(64)67-52(46)51)41(22-24-58)32-65-33-61)66-49(62)29-42-28-39(16-19-45(42)44)38-13-8-11-37(27-38)25-35-9-4-3-5-10-35/h3-5,8-11,13,15-16,18-21,26-27,39,41-42,45,53-54,58-61H,12,14,17,22-25,28-33H2,1-2H3/b43-34-/t39-,41+,42+,45+,53+,54-,57+/m0/s1. The minimum absolute atomic E-state index is 0.00991. The van der Waals surface area contributed by atoms with Gasteiger partial charge in [-0.25, -0.2) is 9.59 Å². The lowest BCUT2D eigenvalue weighted by atomic mass is 9.71. The van der Waals surface area contributed by atoms with E-state index in [-0.39, 0.29) is 90.2 Å². The molecule has 0 unspecified atom stereocenters. The molecular formula is C57H58O12. The Hall–Kier alpha value is -6.33. The van der Waals surface area contributed by atoms with Crippen LogP contribution in [0.5, 0.6) is 5.75 Å². The van der Waals surface area contributed by atoms with Gasteiger partial charge in [0.15, 0.2) is 17.8 Å². The maximum absolute atomic E-state index is 15.1. The van der Waals surface area contributed by atoms with Crippen molar-refractivity contribution in [3.05, 3.63) is 169 Å². The summed E-state index contributed by atoms with van der Waals surface area (Å²) >= 11 is 0. The van der Waals surface area contributed by atoms with Gasteiger partial charge in [-0.3, -0.25) is 4.79 Å². The smallest absolute Gasteiger partial charge is 0.340 e. The molecule has 69 heavy (non-hydrogen) atoms. The van der Waals surface area contributed by atoms with Crippen molar-refractivity contribution in [2.75, 3.05) is 26.6 Å². The third-order valence-corrected chi connectivity index (χ3v) is 14.4. The Balaban J connectivity index is 1.21. The molecule has 4 heterocycles. The topological polar surface area (TPSA) is 182 Å². The Morgan fingerprint density at radius 3 is 2.51 bits per heavy atom. The molecule has 5 bridgehead atoms. The van der Waals surface area contributed by atoms with Crippen LogP contribution in [0, 0.1) is 17.8 Å². The largest absolute Gasteiger partial charge is 0.482 e. The van der Waals surface area contributed by atoms with E-state index >= 15 is 4.79 Å². The summed E-state index contributed by atoms with van der Waals surface area (Å²) in [6.07, 6.45) is 4.34. The molecule has 0 radical (unpaired) electrons. The quantitative estimate of drug-likeness (QED) is 0.0254. The van der Waals surface area contributed by atoms with Gasteiger partial charge >= 0.3 is 17.6 Å². The molecule has 4 aliphatic rings. The fraction of sp³-hybridized carbons (Fsp3) is 0.386. The fourth-order valence-electron chi connectivity index (χ4n) is 10.8.